The number of aromatic nitrogens is 1. The van der Waals surface area contributed by atoms with Crippen molar-refractivity contribution in [3.63, 3.8) is 0 Å². The van der Waals surface area contributed by atoms with E-state index < -0.39 is 5.41 Å². The van der Waals surface area contributed by atoms with Crippen molar-refractivity contribution in [2.24, 2.45) is 0 Å². The summed E-state index contributed by atoms with van der Waals surface area (Å²) in [6, 6.07) is 4.66. The molecule has 2 fully saturated rings. The third-order valence-corrected chi connectivity index (χ3v) is 4.86. The van der Waals surface area contributed by atoms with Gasteiger partial charge >= 0.3 is 0 Å². The van der Waals surface area contributed by atoms with E-state index in [9.17, 15) is 9.18 Å². The number of H-pyrrole nitrogens is 1. The van der Waals surface area contributed by atoms with Gasteiger partial charge < -0.3 is 15.0 Å². The Balaban J connectivity index is 1.56. The van der Waals surface area contributed by atoms with Crippen molar-refractivity contribution in [2.75, 3.05) is 13.2 Å². The molecule has 0 spiro atoms. The maximum Gasteiger partial charge on any atom is 0.230 e. The Morgan fingerprint density at radius 2 is 2.32 bits per heavy atom. The van der Waals surface area contributed by atoms with E-state index in [1.807, 2.05) is 6.20 Å². The van der Waals surface area contributed by atoms with E-state index in [1.54, 1.807) is 6.07 Å². The minimum Gasteiger partial charge on any atom is -0.376 e. The molecule has 1 amide bonds. The molecule has 1 aliphatic carbocycles. The van der Waals surface area contributed by atoms with Gasteiger partial charge in [-0.2, -0.15) is 0 Å². The topological polar surface area (TPSA) is 54.1 Å². The summed E-state index contributed by atoms with van der Waals surface area (Å²) < 4.78 is 19.1. The molecule has 2 aliphatic rings. The number of amides is 1. The number of fused-ring (bicyclic) bond motifs is 1. The van der Waals surface area contributed by atoms with Crippen molar-refractivity contribution in [1.82, 2.24) is 10.3 Å². The first kappa shape index (κ1) is 13.8. The highest BCUT2D eigenvalue weighted by Crippen LogP contribution is 2.50. The highest BCUT2D eigenvalue weighted by molar-refractivity contribution is 5.97. The third-order valence-electron chi connectivity index (χ3n) is 4.86. The van der Waals surface area contributed by atoms with Crippen LogP contribution in [0.5, 0.6) is 0 Å². The molecular formula is C17H19FN2O2. The van der Waals surface area contributed by atoms with Gasteiger partial charge in [-0.05, 0) is 49.4 Å². The van der Waals surface area contributed by atoms with Crippen molar-refractivity contribution in [2.45, 2.75) is 37.2 Å². The number of halogens is 1. The number of nitrogens with one attached hydrogen (secondary N) is 2. The van der Waals surface area contributed by atoms with Crippen LogP contribution in [0, 0.1) is 5.82 Å². The van der Waals surface area contributed by atoms with E-state index in [-0.39, 0.29) is 17.8 Å². The van der Waals surface area contributed by atoms with Crippen LogP contribution in [0.25, 0.3) is 10.9 Å². The van der Waals surface area contributed by atoms with Crippen LogP contribution in [0.2, 0.25) is 0 Å². The maximum absolute atomic E-state index is 13.5. The van der Waals surface area contributed by atoms with Crippen molar-refractivity contribution >= 4 is 16.8 Å². The van der Waals surface area contributed by atoms with Gasteiger partial charge in [0.15, 0.2) is 0 Å². The molecule has 5 heteroatoms. The number of aromatic amines is 1. The van der Waals surface area contributed by atoms with Crippen molar-refractivity contribution < 1.29 is 13.9 Å². The molecule has 2 aromatic rings. The molecule has 0 bridgehead atoms. The minimum absolute atomic E-state index is 0.0353. The van der Waals surface area contributed by atoms with Crippen LogP contribution >= 0.6 is 0 Å². The standard InChI is InChI=1S/C17H19FN2O2/c18-11-3-4-15-13(8-11)14(10-19-15)17(5-6-17)16(21)20-9-12-2-1-7-22-12/h3-4,8,10,12,19H,1-2,5-7,9H2,(H,20,21). The second kappa shape index (κ2) is 5.09. The van der Waals surface area contributed by atoms with E-state index >= 15 is 0 Å². The third kappa shape index (κ3) is 2.20. The Labute approximate surface area is 128 Å². The summed E-state index contributed by atoms with van der Waals surface area (Å²) in [6.45, 7) is 1.35. The van der Waals surface area contributed by atoms with Gasteiger partial charge in [0.2, 0.25) is 5.91 Å². The van der Waals surface area contributed by atoms with Crippen LogP contribution in [0.1, 0.15) is 31.2 Å². The fraction of sp³-hybridized carbons (Fsp3) is 0.471. The molecule has 1 aromatic heterocycles. The monoisotopic (exact) mass is 302 g/mol. The van der Waals surface area contributed by atoms with Crippen LogP contribution < -0.4 is 5.32 Å². The second-order valence-electron chi connectivity index (χ2n) is 6.32. The number of benzene rings is 1. The first-order valence-electron chi connectivity index (χ1n) is 7.86. The molecule has 1 saturated heterocycles. The molecule has 4 rings (SSSR count). The largest absolute Gasteiger partial charge is 0.376 e. The molecule has 4 nitrogen and oxygen atoms in total. The Bertz CT molecular complexity index is 715. The zero-order valence-electron chi connectivity index (χ0n) is 12.3. The van der Waals surface area contributed by atoms with Gasteiger partial charge in [0.05, 0.1) is 11.5 Å². The van der Waals surface area contributed by atoms with E-state index in [0.29, 0.717) is 6.54 Å². The van der Waals surface area contributed by atoms with Crippen LogP contribution in [0.15, 0.2) is 24.4 Å². The van der Waals surface area contributed by atoms with E-state index in [0.717, 1.165) is 48.8 Å². The lowest BCUT2D eigenvalue weighted by Gasteiger charge is -2.17. The Kier molecular flexibility index (Phi) is 3.18. The summed E-state index contributed by atoms with van der Waals surface area (Å²) in [5, 5.41) is 3.83. The lowest BCUT2D eigenvalue weighted by atomic mass is 9.94. The molecule has 116 valence electrons. The molecule has 1 atom stereocenters. The predicted octanol–water partition coefficient (Wildman–Crippen LogP) is 2.63. The average molecular weight is 302 g/mol. The van der Waals surface area contributed by atoms with Crippen LogP contribution in [-0.4, -0.2) is 30.1 Å². The molecule has 1 aromatic carbocycles. The maximum atomic E-state index is 13.5. The fourth-order valence-electron chi connectivity index (χ4n) is 3.41. The van der Waals surface area contributed by atoms with Gasteiger partial charge in [-0.3, -0.25) is 4.79 Å². The molecule has 1 aliphatic heterocycles. The molecular weight excluding hydrogens is 283 g/mol. The normalized spacial score (nSPS) is 22.9. The lowest BCUT2D eigenvalue weighted by Crippen LogP contribution is -2.39. The molecule has 0 radical (unpaired) electrons. The first-order valence-corrected chi connectivity index (χ1v) is 7.86. The number of hydrogen-bond acceptors (Lipinski definition) is 2. The van der Waals surface area contributed by atoms with Gasteiger partial charge in [-0.1, -0.05) is 0 Å². The minimum atomic E-state index is -0.495. The molecule has 1 unspecified atom stereocenters. The molecule has 22 heavy (non-hydrogen) atoms. The SMILES string of the molecule is O=C(NCC1CCCO1)C1(c2c[nH]c3ccc(F)cc23)CC1. The zero-order valence-corrected chi connectivity index (χ0v) is 12.3. The van der Waals surface area contributed by atoms with E-state index in [4.69, 9.17) is 4.74 Å². The molecule has 1 saturated carbocycles. The summed E-state index contributed by atoms with van der Waals surface area (Å²) >= 11 is 0. The number of ether oxygens (including phenoxy) is 1. The lowest BCUT2D eigenvalue weighted by molar-refractivity contribution is -0.124. The Morgan fingerprint density at radius 1 is 1.45 bits per heavy atom. The van der Waals surface area contributed by atoms with Gasteiger partial charge in [0, 0.05) is 30.3 Å². The average Bonchev–Trinajstić information content (AvgIpc) is 2.97. The first-order chi connectivity index (χ1) is 10.7. The Hall–Kier alpha value is -1.88. The highest BCUT2D eigenvalue weighted by Gasteiger charge is 2.52. The zero-order chi connectivity index (χ0) is 15.2. The quantitative estimate of drug-likeness (QED) is 0.912. The van der Waals surface area contributed by atoms with E-state index in [1.165, 1.54) is 12.1 Å². The number of carbonyl (C=O) groups is 1. The van der Waals surface area contributed by atoms with Gasteiger partial charge in [0.1, 0.15) is 5.82 Å². The van der Waals surface area contributed by atoms with Gasteiger partial charge in [0.25, 0.3) is 0 Å². The number of hydrogen-bond donors (Lipinski definition) is 2. The predicted molar refractivity (Wildman–Crippen MR) is 81.2 cm³/mol. The van der Waals surface area contributed by atoms with Gasteiger partial charge in [-0.25, -0.2) is 4.39 Å². The Morgan fingerprint density at radius 3 is 3.05 bits per heavy atom. The van der Waals surface area contributed by atoms with E-state index in [2.05, 4.69) is 10.3 Å². The van der Waals surface area contributed by atoms with Gasteiger partial charge in [-0.15, -0.1) is 0 Å². The van der Waals surface area contributed by atoms with Crippen LogP contribution in [-0.2, 0) is 14.9 Å². The molecule has 2 heterocycles. The smallest absolute Gasteiger partial charge is 0.230 e. The summed E-state index contributed by atoms with van der Waals surface area (Å²) in [6.07, 6.45) is 5.68. The summed E-state index contributed by atoms with van der Waals surface area (Å²) in [5.41, 5.74) is 1.28. The second-order valence-corrected chi connectivity index (χ2v) is 6.32. The number of carbonyl (C=O) groups excluding carboxylic acids is 1. The highest BCUT2D eigenvalue weighted by atomic mass is 19.1. The summed E-state index contributed by atoms with van der Waals surface area (Å²) in [7, 11) is 0. The van der Waals surface area contributed by atoms with Crippen molar-refractivity contribution in [1.29, 1.82) is 0 Å². The van der Waals surface area contributed by atoms with Crippen molar-refractivity contribution in [3.8, 4) is 0 Å². The molecule has 2 N–H and O–H groups in total. The summed E-state index contributed by atoms with van der Waals surface area (Å²) in [5.74, 6) is -0.239. The van der Waals surface area contributed by atoms with Crippen LogP contribution in [0.4, 0.5) is 4.39 Å². The summed E-state index contributed by atoms with van der Waals surface area (Å²) in [4.78, 5) is 15.8. The number of rotatable bonds is 4. The van der Waals surface area contributed by atoms with Crippen LogP contribution in [0.3, 0.4) is 0 Å². The van der Waals surface area contributed by atoms with Crippen molar-refractivity contribution in [3.05, 3.63) is 35.8 Å². The fourth-order valence-corrected chi connectivity index (χ4v) is 3.41.